The maximum absolute atomic E-state index is 9.33. The van der Waals surface area contributed by atoms with Crippen molar-refractivity contribution in [3.63, 3.8) is 0 Å². The van der Waals surface area contributed by atoms with E-state index in [0.29, 0.717) is 18.2 Å². The first-order valence-corrected chi connectivity index (χ1v) is 7.57. The van der Waals surface area contributed by atoms with Crippen molar-refractivity contribution in [2.24, 2.45) is 5.41 Å². The van der Waals surface area contributed by atoms with E-state index < -0.39 is 0 Å². The maximum Gasteiger partial charge on any atom is 0.0489 e. The van der Waals surface area contributed by atoms with Crippen LogP contribution in [0.1, 0.15) is 31.7 Å². The Kier molecular flexibility index (Phi) is 2.54. The van der Waals surface area contributed by atoms with Crippen LogP contribution in [0.15, 0.2) is 30.5 Å². The molecule has 0 unspecified atom stereocenters. The molecule has 5 rings (SSSR count). The molecule has 0 saturated heterocycles. The van der Waals surface area contributed by atoms with E-state index in [1.165, 1.54) is 16.5 Å². The van der Waals surface area contributed by atoms with Gasteiger partial charge in [-0.15, -0.1) is 0 Å². The topological polar surface area (TPSA) is 48.0 Å². The van der Waals surface area contributed by atoms with E-state index in [9.17, 15) is 5.11 Å². The molecule has 0 amide bonds. The van der Waals surface area contributed by atoms with Crippen molar-refractivity contribution >= 4 is 10.9 Å². The smallest absolute Gasteiger partial charge is 0.0489 e. The van der Waals surface area contributed by atoms with Gasteiger partial charge in [0.2, 0.25) is 0 Å². The Morgan fingerprint density at radius 1 is 1.30 bits per heavy atom. The van der Waals surface area contributed by atoms with Crippen LogP contribution in [0, 0.1) is 5.41 Å². The van der Waals surface area contributed by atoms with Crippen molar-refractivity contribution in [1.29, 1.82) is 0 Å². The zero-order valence-corrected chi connectivity index (χ0v) is 11.9. The molecule has 0 aliphatic heterocycles. The van der Waals surface area contributed by atoms with Gasteiger partial charge < -0.3 is 15.4 Å². The fourth-order valence-corrected chi connectivity index (χ4v) is 4.52. The number of aliphatic hydroxyl groups excluding tert-OH is 1. The number of nitrogens with one attached hydrogen (secondary N) is 2. The van der Waals surface area contributed by atoms with E-state index in [1.807, 2.05) is 0 Å². The molecule has 3 aliphatic carbocycles. The van der Waals surface area contributed by atoms with Gasteiger partial charge >= 0.3 is 0 Å². The van der Waals surface area contributed by atoms with E-state index in [-0.39, 0.29) is 5.41 Å². The van der Waals surface area contributed by atoms with Gasteiger partial charge in [-0.05, 0) is 49.7 Å². The molecule has 3 fully saturated rings. The Labute approximate surface area is 119 Å². The highest BCUT2D eigenvalue weighted by molar-refractivity contribution is 5.83. The highest BCUT2D eigenvalue weighted by Gasteiger charge is 2.67. The van der Waals surface area contributed by atoms with Crippen LogP contribution in [-0.2, 0) is 6.42 Å². The Hall–Kier alpha value is -1.32. The summed E-state index contributed by atoms with van der Waals surface area (Å²) in [5, 5.41) is 14.5. The number of aliphatic hydroxyl groups is 1. The molecule has 3 aliphatic rings. The molecule has 0 spiro atoms. The molecule has 3 heteroatoms. The monoisotopic (exact) mass is 270 g/mol. The molecule has 0 radical (unpaired) electrons. The van der Waals surface area contributed by atoms with Crippen LogP contribution < -0.4 is 5.32 Å². The molecular formula is C17H22N2O. The summed E-state index contributed by atoms with van der Waals surface area (Å²) < 4.78 is 0. The van der Waals surface area contributed by atoms with Crippen molar-refractivity contribution in [2.45, 2.75) is 44.2 Å². The SMILES string of the molecule is C[C@H](Cc1c[nH]c2ccccc12)NC12CC(CO)(C1)C2. The molecule has 3 nitrogen and oxygen atoms in total. The molecule has 1 aromatic heterocycles. The summed E-state index contributed by atoms with van der Waals surface area (Å²) in [6.45, 7) is 2.64. The van der Waals surface area contributed by atoms with Gasteiger partial charge in [-0.3, -0.25) is 0 Å². The molecule has 1 atom stereocenters. The standard InChI is InChI=1S/C17H22N2O/c1-12(19-17-8-16(9-17,10-17)11-20)6-13-7-18-15-5-3-2-4-14(13)15/h2-5,7,12,18-20H,6,8-11H2,1H3/t12-,16?,17?/m1/s1. The summed E-state index contributed by atoms with van der Waals surface area (Å²) in [4.78, 5) is 3.35. The summed E-state index contributed by atoms with van der Waals surface area (Å²) in [5.74, 6) is 0. The van der Waals surface area contributed by atoms with Gasteiger partial charge in [0, 0.05) is 35.3 Å². The Morgan fingerprint density at radius 2 is 2.05 bits per heavy atom. The van der Waals surface area contributed by atoms with E-state index in [1.54, 1.807) is 0 Å². The van der Waals surface area contributed by atoms with Gasteiger partial charge in [0.15, 0.2) is 0 Å². The number of rotatable bonds is 5. The van der Waals surface area contributed by atoms with Gasteiger partial charge in [-0.2, -0.15) is 0 Å². The minimum Gasteiger partial charge on any atom is -0.396 e. The number of hydrogen-bond acceptors (Lipinski definition) is 2. The van der Waals surface area contributed by atoms with Crippen LogP contribution in [0.4, 0.5) is 0 Å². The molecule has 106 valence electrons. The summed E-state index contributed by atoms with van der Waals surface area (Å²) in [6, 6.07) is 8.97. The average molecular weight is 270 g/mol. The van der Waals surface area contributed by atoms with Crippen LogP contribution >= 0.6 is 0 Å². The zero-order valence-electron chi connectivity index (χ0n) is 11.9. The second kappa shape index (κ2) is 4.09. The normalized spacial score (nSPS) is 32.7. The largest absolute Gasteiger partial charge is 0.396 e. The van der Waals surface area contributed by atoms with E-state index in [4.69, 9.17) is 0 Å². The lowest BCUT2D eigenvalue weighted by Gasteiger charge is -2.71. The second-order valence-electron chi connectivity index (χ2n) is 7.08. The number of aromatic amines is 1. The second-order valence-corrected chi connectivity index (χ2v) is 7.08. The van der Waals surface area contributed by atoms with Gasteiger partial charge in [0.1, 0.15) is 0 Å². The van der Waals surface area contributed by atoms with Crippen molar-refractivity contribution in [3.05, 3.63) is 36.0 Å². The minimum atomic E-state index is 0.285. The highest BCUT2D eigenvalue weighted by Crippen LogP contribution is 2.66. The van der Waals surface area contributed by atoms with Gasteiger partial charge in [0.05, 0.1) is 0 Å². The van der Waals surface area contributed by atoms with Gasteiger partial charge in [0.25, 0.3) is 0 Å². The Morgan fingerprint density at radius 3 is 2.80 bits per heavy atom. The molecule has 3 N–H and O–H groups in total. The molecular weight excluding hydrogens is 248 g/mol. The molecule has 1 heterocycles. The lowest BCUT2D eigenvalue weighted by atomic mass is 9.39. The molecule has 2 bridgehead atoms. The third-order valence-corrected chi connectivity index (χ3v) is 5.23. The molecule has 2 aromatic rings. The highest BCUT2D eigenvalue weighted by atomic mass is 16.3. The Balaban J connectivity index is 1.42. The van der Waals surface area contributed by atoms with E-state index in [2.05, 4.69) is 47.7 Å². The quantitative estimate of drug-likeness (QED) is 0.782. The van der Waals surface area contributed by atoms with Gasteiger partial charge in [-0.25, -0.2) is 0 Å². The number of para-hydroxylation sites is 1. The predicted molar refractivity (Wildman–Crippen MR) is 80.7 cm³/mol. The summed E-state index contributed by atoms with van der Waals surface area (Å²) in [6.07, 6.45) is 6.68. The van der Waals surface area contributed by atoms with Crippen molar-refractivity contribution in [2.75, 3.05) is 6.61 Å². The van der Waals surface area contributed by atoms with E-state index >= 15 is 0 Å². The van der Waals surface area contributed by atoms with Gasteiger partial charge in [-0.1, -0.05) is 18.2 Å². The fourth-order valence-electron chi connectivity index (χ4n) is 4.52. The molecule has 20 heavy (non-hydrogen) atoms. The number of benzene rings is 1. The van der Waals surface area contributed by atoms with E-state index in [0.717, 1.165) is 25.7 Å². The van der Waals surface area contributed by atoms with Crippen molar-refractivity contribution in [1.82, 2.24) is 10.3 Å². The summed E-state index contributed by atoms with van der Waals surface area (Å²) in [7, 11) is 0. The first-order valence-electron chi connectivity index (χ1n) is 7.57. The number of aromatic nitrogens is 1. The Bertz CT molecular complexity index is 625. The van der Waals surface area contributed by atoms with Crippen molar-refractivity contribution < 1.29 is 5.11 Å². The predicted octanol–water partition coefficient (Wildman–Crippen LogP) is 2.60. The van der Waals surface area contributed by atoms with Crippen LogP contribution in [-0.4, -0.2) is 28.3 Å². The fraction of sp³-hybridized carbons (Fsp3) is 0.529. The first kappa shape index (κ1) is 12.4. The maximum atomic E-state index is 9.33. The first-order chi connectivity index (χ1) is 9.64. The molecule has 1 aromatic carbocycles. The van der Waals surface area contributed by atoms with Crippen LogP contribution in [0.2, 0.25) is 0 Å². The van der Waals surface area contributed by atoms with Crippen LogP contribution in [0.3, 0.4) is 0 Å². The third kappa shape index (κ3) is 1.73. The summed E-state index contributed by atoms with van der Waals surface area (Å²) >= 11 is 0. The third-order valence-electron chi connectivity index (χ3n) is 5.23. The summed E-state index contributed by atoms with van der Waals surface area (Å²) in [5.41, 5.74) is 3.24. The lowest BCUT2D eigenvalue weighted by Crippen LogP contribution is -2.76. The number of H-pyrrole nitrogens is 1. The zero-order chi connectivity index (χ0) is 13.8. The van der Waals surface area contributed by atoms with Crippen LogP contribution in [0.5, 0.6) is 0 Å². The van der Waals surface area contributed by atoms with Crippen LogP contribution in [0.25, 0.3) is 10.9 Å². The van der Waals surface area contributed by atoms with Crippen molar-refractivity contribution in [3.8, 4) is 0 Å². The molecule has 3 saturated carbocycles. The minimum absolute atomic E-state index is 0.285. The number of fused-ring (bicyclic) bond motifs is 1. The average Bonchev–Trinajstić information content (AvgIpc) is 2.76. The lowest BCUT2D eigenvalue weighted by molar-refractivity contribution is -0.181. The number of hydrogen-bond donors (Lipinski definition) is 3.